The van der Waals surface area contributed by atoms with Crippen LogP contribution in [0.2, 0.25) is 0 Å². The molecule has 1 unspecified atom stereocenters. The molecule has 1 aliphatic heterocycles. The van der Waals surface area contributed by atoms with E-state index in [4.69, 9.17) is 4.42 Å². The number of aromatic nitrogens is 1. The molecule has 0 aliphatic carbocycles. The second kappa shape index (κ2) is 9.02. The minimum Gasteiger partial charge on any atom is -0.463 e. The lowest BCUT2D eigenvalue weighted by molar-refractivity contribution is 0.0643. The van der Waals surface area contributed by atoms with Crippen molar-refractivity contribution in [2.75, 3.05) is 13.1 Å². The number of furan rings is 1. The molecule has 0 bridgehead atoms. The molecule has 142 valence electrons. The zero-order valence-electron chi connectivity index (χ0n) is 15.1. The Morgan fingerprint density at radius 1 is 1.15 bits per heavy atom. The summed E-state index contributed by atoms with van der Waals surface area (Å²) in [7, 11) is 0. The van der Waals surface area contributed by atoms with E-state index in [0.29, 0.717) is 12.1 Å². The van der Waals surface area contributed by atoms with E-state index in [9.17, 15) is 4.79 Å². The summed E-state index contributed by atoms with van der Waals surface area (Å²) in [6.45, 7) is 2.46. The van der Waals surface area contributed by atoms with Crippen LogP contribution in [-0.4, -0.2) is 34.9 Å². The highest BCUT2D eigenvalue weighted by molar-refractivity contribution is 6.06. The van der Waals surface area contributed by atoms with Gasteiger partial charge in [0.2, 0.25) is 0 Å². The predicted octanol–water partition coefficient (Wildman–Crippen LogP) is 4.03. The molecule has 27 heavy (non-hydrogen) atoms. The smallest absolute Gasteiger partial charge is 0.258 e. The Bertz CT molecular complexity index is 873. The summed E-state index contributed by atoms with van der Waals surface area (Å²) in [4.78, 5) is 19.9. The first-order chi connectivity index (χ1) is 12.8. The van der Waals surface area contributed by atoms with Crippen LogP contribution in [0, 0.1) is 0 Å². The number of benzene rings is 1. The van der Waals surface area contributed by atoms with Crippen LogP contribution in [0.25, 0.3) is 11.0 Å². The topological polar surface area (TPSA) is 58.4 Å². The number of carbonyl (C=O) groups excluding carboxylic acids is 1. The summed E-state index contributed by atoms with van der Waals surface area (Å²) < 4.78 is 5.61. The normalized spacial score (nSPS) is 17.1. The lowest BCUT2D eigenvalue weighted by Crippen LogP contribution is -2.40. The Labute approximate surface area is 165 Å². The minimum atomic E-state index is 0. The third-order valence-corrected chi connectivity index (χ3v) is 5.02. The molecule has 1 N–H and O–H groups in total. The maximum absolute atomic E-state index is 13.5. The Morgan fingerprint density at radius 3 is 2.85 bits per heavy atom. The molecule has 0 radical (unpaired) electrons. The number of rotatable bonds is 4. The lowest BCUT2D eigenvalue weighted by Gasteiger charge is -2.30. The average molecular weight is 386 g/mol. The third kappa shape index (κ3) is 4.31. The van der Waals surface area contributed by atoms with Crippen LogP contribution in [-0.2, 0) is 6.54 Å². The highest BCUT2D eigenvalue weighted by Crippen LogP contribution is 2.25. The van der Waals surface area contributed by atoms with Crippen molar-refractivity contribution in [3.05, 3.63) is 66.2 Å². The summed E-state index contributed by atoms with van der Waals surface area (Å²) in [5, 5.41) is 4.30. The maximum Gasteiger partial charge on any atom is 0.258 e. The second-order valence-electron chi connectivity index (χ2n) is 6.73. The van der Waals surface area contributed by atoms with Crippen LogP contribution in [0.4, 0.5) is 0 Å². The first-order valence-corrected chi connectivity index (χ1v) is 9.21. The molecule has 2 aromatic heterocycles. The van der Waals surface area contributed by atoms with Gasteiger partial charge in [-0.05, 0) is 50.6 Å². The number of hydrogen-bond acceptors (Lipinski definition) is 4. The van der Waals surface area contributed by atoms with Gasteiger partial charge in [-0.25, -0.2) is 0 Å². The monoisotopic (exact) mass is 385 g/mol. The molecule has 1 aliphatic rings. The van der Waals surface area contributed by atoms with Gasteiger partial charge >= 0.3 is 0 Å². The van der Waals surface area contributed by atoms with Gasteiger partial charge in [-0.15, -0.1) is 12.4 Å². The molecule has 1 fully saturated rings. The van der Waals surface area contributed by atoms with Gasteiger partial charge in [0.25, 0.3) is 5.91 Å². The van der Waals surface area contributed by atoms with Gasteiger partial charge in [-0.1, -0.05) is 24.3 Å². The highest BCUT2D eigenvalue weighted by Gasteiger charge is 2.28. The number of pyridine rings is 1. The molecule has 3 aromatic rings. The molecule has 6 heteroatoms. The molecule has 0 spiro atoms. The van der Waals surface area contributed by atoms with E-state index in [1.54, 1.807) is 12.5 Å². The van der Waals surface area contributed by atoms with Crippen LogP contribution in [0.5, 0.6) is 0 Å². The van der Waals surface area contributed by atoms with Gasteiger partial charge in [0.15, 0.2) is 0 Å². The molecule has 1 atom stereocenters. The van der Waals surface area contributed by atoms with E-state index in [1.165, 1.54) is 0 Å². The maximum atomic E-state index is 13.5. The van der Waals surface area contributed by atoms with Gasteiger partial charge in [-0.3, -0.25) is 9.78 Å². The largest absolute Gasteiger partial charge is 0.463 e. The molecule has 0 saturated carbocycles. The van der Waals surface area contributed by atoms with Crippen LogP contribution < -0.4 is 5.32 Å². The van der Waals surface area contributed by atoms with E-state index < -0.39 is 0 Å². The average Bonchev–Trinajstić information content (AvgIpc) is 2.93. The quantitative estimate of drug-likeness (QED) is 0.736. The second-order valence-corrected chi connectivity index (χ2v) is 6.73. The summed E-state index contributed by atoms with van der Waals surface area (Å²) in [6.07, 6.45) is 6.39. The lowest BCUT2D eigenvalue weighted by atomic mass is 10.0. The molecule has 3 heterocycles. The molecular formula is C21H24ClN3O2. The number of halogens is 1. The van der Waals surface area contributed by atoms with Crippen LogP contribution in [0.15, 0.2) is 59.3 Å². The van der Waals surface area contributed by atoms with Gasteiger partial charge in [0.1, 0.15) is 11.8 Å². The fraction of sp³-hybridized carbons (Fsp3) is 0.333. The molecular weight excluding hydrogens is 362 g/mol. The van der Waals surface area contributed by atoms with Crippen LogP contribution in [0.3, 0.4) is 0 Å². The summed E-state index contributed by atoms with van der Waals surface area (Å²) in [5.74, 6) is 0.0208. The van der Waals surface area contributed by atoms with Crippen molar-refractivity contribution in [3.8, 4) is 0 Å². The van der Waals surface area contributed by atoms with Crippen molar-refractivity contribution in [1.82, 2.24) is 15.2 Å². The Morgan fingerprint density at radius 2 is 2.00 bits per heavy atom. The Balaban J connectivity index is 0.00000210. The predicted molar refractivity (Wildman–Crippen MR) is 108 cm³/mol. The van der Waals surface area contributed by atoms with E-state index >= 15 is 0 Å². The molecule has 5 nitrogen and oxygen atoms in total. The number of nitrogens with zero attached hydrogens (tertiary/aromatic N) is 2. The highest BCUT2D eigenvalue weighted by atomic mass is 35.5. The fourth-order valence-corrected chi connectivity index (χ4v) is 3.64. The fourth-order valence-electron chi connectivity index (χ4n) is 3.64. The summed E-state index contributed by atoms with van der Waals surface area (Å²) in [6, 6.07) is 13.7. The molecule has 4 rings (SSSR count). The zero-order chi connectivity index (χ0) is 17.8. The van der Waals surface area contributed by atoms with Crippen molar-refractivity contribution >= 4 is 29.3 Å². The van der Waals surface area contributed by atoms with Crippen molar-refractivity contribution < 1.29 is 9.21 Å². The summed E-state index contributed by atoms with van der Waals surface area (Å²) in [5.41, 5.74) is 2.29. The molecule has 1 amide bonds. The van der Waals surface area contributed by atoms with Crippen molar-refractivity contribution in [2.24, 2.45) is 0 Å². The number of fused-ring (bicyclic) bond motifs is 1. The van der Waals surface area contributed by atoms with Gasteiger partial charge < -0.3 is 14.6 Å². The van der Waals surface area contributed by atoms with E-state index in [2.05, 4.69) is 10.3 Å². The molecule has 1 saturated heterocycles. The number of para-hydroxylation sites is 1. The Hall–Kier alpha value is -2.37. The standard InChI is InChI=1S/C21H23N3O2.ClH/c25-21(19-15-26-20-9-2-1-8-18(19)20)24(14-16-6-3-4-12-23-16)17-7-5-11-22-13-10-17;/h1-4,6,8-9,12,15,17,22H,5,7,10-11,13-14H2;1H. The van der Waals surface area contributed by atoms with E-state index in [-0.39, 0.29) is 24.4 Å². The van der Waals surface area contributed by atoms with E-state index in [0.717, 1.165) is 49.0 Å². The van der Waals surface area contributed by atoms with Crippen molar-refractivity contribution in [3.63, 3.8) is 0 Å². The number of carbonyl (C=O) groups is 1. The van der Waals surface area contributed by atoms with Gasteiger partial charge in [0.05, 0.1) is 17.8 Å². The SMILES string of the molecule is Cl.O=C(c1coc2ccccc12)N(Cc1ccccn1)C1CCCNCC1. The zero-order valence-corrected chi connectivity index (χ0v) is 16.0. The van der Waals surface area contributed by atoms with E-state index in [1.807, 2.05) is 47.4 Å². The summed E-state index contributed by atoms with van der Waals surface area (Å²) >= 11 is 0. The first kappa shape index (κ1) is 19.4. The number of amides is 1. The van der Waals surface area contributed by atoms with Crippen LogP contribution in [0.1, 0.15) is 35.3 Å². The van der Waals surface area contributed by atoms with Crippen LogP contribution >= 0.6 is 12.4 Å². The van der Waals surface area contributed by atoms with Crippen molar-refractivity contribution in [2.45, 2.75) is 31.8 Å². The van der Waals surface area contributed by atoms with Gasteiger partial charge in [0, 0.05) is 17.6 Å². The Kier molecular flexibility index (Phi) is 6.48. The number of nitrogens with one attached hydrogen (secondary N) is 1. The number of hydrogen-bond donors (Lipinski definition) is 1. The van der Waals surface area contributed by atoms with Crippen molar-refractivity contribution in [1.29, 1.82) is 0 Å². The minimum absolute atomic E-state index is 0. The molecule has 1 aromatic carbocycles. The van der Waals surface area contributed by atoms with Gasteiger partial charge in [-0.2, -0.15) is 0 Å². The first-order valence-electron chi connectivity index (χ1n) is 9.21. The third-order valence-electron chi connectivity index (χ3n) is 5.02.